The molecule has 2 nitrogen and oxygen atoms in total. The second-order valence-electron chi connectivity index (χ2n) is 5.04. The third-order valence-electron chi connectivity index (χ3n) is 3.68. The number of halogens is 1. The predicted octanol–water partition coefficient (Wildman–Crippen LogP) is 3.39. The van der Waals surface area contributed by atoms with Crippen molar-refractivity contribution in [2.45, 2.75) is 31.8 Å². The second kappa shape index (κ2) is 5.49. The van der Waals surface area contributed by atoms with Crippen molar-refractivity contribution in [3.8, 4) is 0 Å². The minimum Gasteiger partial charge on any atom is -0.306 e. The molecule has 0 bridgehead atoms. The van der Waals surface area contributed by atoms with E-state index in [1.54, 1.807) is 6.20 Å². The van der Waals surface area contributed by atoms with Crippen LogP contribution in [-0.4, -0.2) is 4.98 Å². The SMILES string of the molecule is Fc1cncc(CNC2CCCc3ccccc32)c1. The van der Waals surface area contributed by atoms with Crippen LogP contribution in [0.3, 0.4) is 0 Å². The number of pyridine rings is 1. The van der Waals surface area contributed by atoms with Crippen LogP contribution < -0.4 is 5.32 Å². The maximum Gasteiger partial charge on any atom is 0.141 e. The average molecular weight is 256 g/mol. The Hall–Kier alpha value is -1.74. The van der Waals surface area contributed by atoms with E-state index in [1.807, 2.05) is 0 Å². The van der Waals surface area contributed by atoms with Crippen molar-refractivity contribution in [1.29, 1.82) is 0 Å². The lowest BCUT2D eigenvalue weighted by molar-refractivity contribution is 0.458. The molecule has 0 radical (unpaired) electrons. The Morgan fingerprint density at radius 1 is 1.26 bits per heavy atom. The van der Waals surface area contributed by atoms with E-state index in [0.29, 0.717) is 12.6 Å². The normalized spacial score (nSPS) is 18.1. The van der Waals surface area contributed by atoms with Crippen LogP contribution in [0.5, 0.6) is 0 Å². The Bertz CT molecular complexity index is 568. The fourth-order valence-electron chi connectivity index (χ4n) is 2.76. The van der Waals surface area contributed by atoms with E-state index in [-0.39, 0.29) is 5.82 Å². The summed E-state index contributed by atoms with van der Waals surface area (Å²) < 4.78 is 13.1. The van der Waals surface area contributed by atoms with Gasteiger partial charge in [-0.15, -0.1) is 0 Å². The van der Waals surface area contributed by atoms with Gasteiger partial charge in [-0.1, -0.05) is 24.3 Å². The zero-order chi connectivity index (χ0) is 13.1. The molecule has 0 fully saturated rings. The van der Waals surface area contributed by atoms with Gasteiger partial charge in [0.15, 0.2) is 0 Å². The number of nitrogens with zero attached hydrogens (tertiary/aromatic N) is 1. The summed E-state index contributed by atoms with van der Waals surface area (Å²) in [6.45, 7) is 0.657. The third-order valence-corrected chi connectivity index (χ3v) is 3.68. The fraction of sp³-hybridized carbons (Fsp3) is 0.312. The molecular formula is C16H17FN2. The number of hydrogen-bond donors (Lipinski definition) is 1. The van der Waals surface area contributed by atoms with Crippen LogP contribution in [0.2, 0.25) is 0 Å². The van der Waals surface area contributed by atoms with Crippen molar-refractivity contribution in [2.24, 2.45) is 0 Å². The summed E-state index contributed by atoms with van der Waals surface area (Å²) in [5.74, 6) is -0.275. The van der Waals surface area contributed by atoms with Crippen molar-refractivity contribution in [3.63, 3.8) is 0 Å². The first-order valence-electron chi connectivity index (χ1n) is 6.73. The second-order valence-corrected chi connectivity index (χ2v) is 5.04. The van der Waals surface area contributed by atoms with Crippen molar-refractivity contribution >= 4 is 0 Å². The molecule has 1 aliphatic carbocycles. The smallest absolute Gasteiger partial charge is 0.141 e. The van der Waals surface area contributed by atoms with Crippen LogP contribution >= 0.6 is 0 Å². The molecule has 2 aromatic rings. The zero-order valence-corrected chi connectivity index (χ0v) is 10.8. The van der Waals surface area contributed by atoms with Gasteiger partial charge in [0.2, 0.25) is 0 Å². The first kappa shape index (κ1) is 12.3. The summed E-state index contributed by atoms with van der Waals surface area (Å²) >= 11 is 0. The van der Waals surface area contributed by atoms with Crippen molar-refractivity contribution in [3.05, 3.63) is 65.2 Å². The first-order chi connectivity index (χ1) is 9.33. The quantitative estimate of drug-likeness (QED) is 0.910. The number of rotatable bonds is 3. The van der Waals surface area contributed by atoms with E-state index in [1.165, 1.54) is 29.8 Å². The Morgan fingerprint density at radius 3 is 3.05 bits per heavy atom. The summed E-state index contributed by atoms with van der Waals surface area (Å²) in [6, 6.07) is 10.5. The van der Waals surface area contributed by atoms with Crippen LogP contribution in [-0.2, 0) is 13.0 Å². The molecule has 1 unspecified atom stereocenters. The van der Waals surface area contributed by atoms with Gasteiger partial charge in [0.1, 0.15) is 5.82 Å². The number of nitrogens with one attached hydrogen (secondary N) is 1. The van der Waals surface area contributed by atoms with Gasteiger partial charge < -0.3 is 5.32 Å². The molecule has 0 amide bonds. The maximum atomic E-state index is 13.1. The number of hydrogen-bond acceptors (Lipinski definition) is 2. The molecule has 3 rings (SSSR count). The van der Waals surface area contributed by atoms with E-state index in [9.17, 15) is 4.39 Å². The zero-order valence-electron chi connectivity index (χ0n) is 10.8. The maximum absolute atomic E-state index is 13.1. The lowest BCUT2D eigenvalue weighted by Crippen LogP contribution is -2.24. The molecule has 3 heteroatoms. The van der Waals surface area contributed by atoms with Crippen molar-refractivity contribution < 1.29 is 4.39 Å². The molecule has 1 aromatic heterocycles. The number of fused-ring (bicyclic) bond motifs is 1. The van der Waals surface area contributed by atoms with Crippen LogP contribution in [0.1, 0.15) is 35.6 Å². The highest BCUT2D eigenvalue weighted by Crippen LogP contribution is 2.29. The van der Waals surface area contributed by atoms with Crippen LogP contribution in [0.25, 0.3) is 0 Å². The third kappa shape index (κ3) is 2.82. The highest BCUT2D eigenvalue weighted by Gasteiger charge is 2.18. The topological polar surface area (TPSA) is 24.9 Å². The number of benzene rings is 1. The molecule has 1 aromatic carbocycles. The Balaban J connectivity index is 1.71. The Morgan fingerprint density at radius 2 is 2.16 bits per heavy atom. The van der Waals surface area contributed by atoms with Gasteiger partial charge in [-0.05, 0) is 42.0 Å². The lowest BCUT2D eigenvalue weighted by Gasteiger charge is -2.26. The van der Waals surface area contributed by atoms with Crippen molar-refractivity contribution in [2.75, 3.05) is 0 Å². The highest BCUT2D eigenvalue weighted by molar-refractivity contribution is 5.32. The summed E-state index contributed by atoms with van der Waals surface area (Å²) in [5, 5.41) is 3.51. The van der Waals surface area contributed by atoms with Gasteiger partial charge >= 0.3 is 0 Å². The molecule has 0 aliphatic heterocycles. The number of aromatic nitrogens is 1. The molecule has 1 heterocycles. The van der Waals surface area contributed by atoms with E-state index in [4.69, 9.17) is 0 Å². The van der Waals surface area contributed by atoms with Gasteiger partial charge in [-0.3, -0.25) is 4.98 Å². The van der Waals surface area contributed by atoms with Gasteiger partial charge in [0.05, 0.1) is 6.20 Å². The lowest BCUT2D eigenvalue weighted by atomic mass is 9.87. The summed E-state index contributed by atoms with van der Waals surface area (Å²) in [6.07, 6.45) is 6.45. The van der Waals surface area contributed by atoms with Crippen LogP contribution in [0.4, 0.5) is 4.39 Å². The summed E-state index contributed by atoms with van der Waals surface area (Å²) in [4.78, 5) is 3.88. The summed E-state index contributed by atoms with van der Waals surface area (Å²) in [5.41, 5.74) is 3.71. The highest BCUT2D eigenvalue weighted by atomic mass is 19.1. The molecule has 0 saturated carbocycles. The number of aryl methyl sites for hydroxylation is 1. The van der Waals surface area contributed by atoms with Gasteiger partial charge in [0.25, 0.3) is 0 Å². The predicted molar refractivity (Wildman–Crippen MR) is 73.2 cm³/mol. The van der Waals surface area contributed by atoms with Gasteiger partial charge in [-0.25, -0.2) is 4.39 Å². The largest absolute Gasteiger partial charge is 0.306 e. The molecule has 1 N–H and O–H groups in total. The van der Waals surface area contributed by atoms with E-state index in [0.717, 1.165) is 18.4 Å². The first-order valence-corrected chi connectivity index (χ1v) is 6.73. The standard InChI is InChI=1S/C16H17FN2/c17-14-8-12(9-18-11-14)10-19-16-7-3-5-13-4-1-2-6-15(13)16/h1-2,4,6,8-9,11,16,19H,3,5,7,10H2. The van der Waals surface area contributed by atoms with E-state index < -0.39 is 0 Å². The van der Waals surface area contributed by atoms with E-state index in [2.05, 4.69) is 34.6 Å². The molecule has 1 atom stereocenters. The minimum absolute atomic E-state index is 0.275. The molecule has 0 spiro atoms. The molecule has 19 heavy (non-hydrogen) atoms. The fourth-order valence-corrected chi connectivity index (χ4v) is 2.76. The average Bonchev–Trinajstić information content (AvgIpc) is 2.45. The minimum atomic E-state index is -0.275. The van der Waals surface area contributed by atoms with Crippen LogP contribution in [0.15, 0.2) is 42.7 Å². The van der Waals surface area contributed by atoms with Crippen LogP contribution in [0, 0.1) is 5.82 Å². The Labute approximate surface area is 112 Å². The molecule has 98 valence electrons. The molecule has 0 saturated heterocycles. The molecular weight excluding hydrogens is 239 g/mol. The van der Waals surface area contributed by atoms with E-state index >= 15 is 0 Å². The monoisotopic (exact) mass is 256 g/mol. The van der Waals surface area contributed by atoms with Gasteiger partial charge in [0, 0.05) is 18.8 Å². The summed E-state index contributed by atoms with van der Waals surface area (Å²) in [7, 11) is 0. The molecule has 1 aliphatic rings. The Kier molecular flexibility index (Phi) is 3.56. The van der Waals surface area contributed by atoms with Crippen molar-refractivity contribution in [1.82, 2.24) is 10.3 Å². The van der Waals surface area contributed by atoms with Gasteiger partial charge in [-0.2, -0.15) is 0 Å².